The first-order valence-corrected chi connectivity index (χ1v) is 6.69. The summed E-state index contributed by atoms with van der Waals surface area (Å²) in [5.41, 5.74) is 2.88. The molecule has 0 aliphatic rings. The van der Waals surface area contributed by atoms with Gasteiger partial charge in [-0.05, 0) is 58.0 Å². The van der Waals surface area contributed by atoms with Crippen molar-refractivity contribution in [2.75, 3.05) is 0 Å². The van der Waals surface area contributed by atoms with Gasteiger partial charge >= 0.3 is 0 Å². The Hall–Kier alpha value is -2.11. The quantitative estimate of drug-likeness (QED) is 0.459. The van der Waals surface area contributed by atoms with Gasteiger partial charge in [0.15, 0.2) is 0 Å². The van der Waals surface area contributed by atoms with E-state index in [-0.39, 0.29) is 0 Å². The molecule has 0 amide bonds. The van der Waals surface area contributed by atoms with E-state index in [1.807, 2.05) is 36.4 Å². The molecule has 90 valence electrons. The lowest BCUT2D eigenvalue weighted by atomic mass is 10.0. The number of allylic oxidation sites excluding steroid dienone is 1. The Labute approximate surface area is 125 Å². The summed E-state index contributed by atoms with van der Waals surface area (Å²) < 4.78 is 1.09. The molecule has 0 aliphatic heterocycles. The van der Waals surface area contributed by atoms with Gasteiger partial charge in [0.1, 0.15) is 0 Å². The van der Waals surface area contributed by atoms with E-state index < -0.39 is 0 Å². The minimum absolute atomic E-state index is 0.557. The van der Waals surface area contributed by atoms with Crippen LogP contribution >= 0.6 is 22.6 Å². The van der Waals surface area contributed by atoms with Gasteiger partial charge in [0.2, 0.25) is 0 Å². The summed E-state index contributed by atoms with van der Waals surface area (Å²) >= 11 is 2.24. The van der Waals surface area contributed by atoms with Gasteiger partial charge in [-0.25, -0.2) is 0 Å². The van der Waals surface area contributed by atoms with Crippen molar-refractivity contribution in [2.45, 2.75) is 0 Å². The van der Waals surface area contributed by atoms with Gasteiger partial charge in [-0.15, -0.1) is 0 Å². The molecule has 0 N–H and O–H groups in total. The molecular weight excluding hydrogens is 347 g/mol. The van der Waals surface area contributed by atoms with Crippen LogP contribution in [0.4, 0.5) is 0 Å². The lowest BCUT2D eigenvalue weighted by Crippen LogP contribution is -1.85. The predicted molar refractivity (Wildman–Crippen MR) is 83.8 cm³/mol. The van der Waals surface area contributed by atoms with E-state index in [1.54, 1.807) is 18.2 Å². The summed E-state index contributed by atoms with van der Waals surface area (Å²) in [6.07, 6.45) is 1.85. The number of nitriles is 2. The summed E-state index contributed by atoms with van der Waals surface area (Å²) in [6.45, 7) is 0. The van der Waals surface area contributed by atoms with E-state index in [1.165, 1.54) is 0 Å². The fourth-order valence-corrected chi connectivity index (χ4v) is 2.23. The van der Waals surface area contributed by atoms with E-state index >= 15 is 0 Å². The third kappa shape index (κ3) is 3.21. The normalized spacial score (nSPS) is 10.6. The van der Waals surface area contributed by atoms with Crippen LogP contribution in [0.2, 0.25) is 0 Å². The fourth-order valence-electron chi connectivity index (χ4n) is 1.68. The Bertz CT molecular complexity index is 718. The van der Waals surface area contributed by atoms with Crippen molar-refractivity contribution < 1.29 is 0 Å². The van der Waals surface area contributed by atoms with Crippen LogP contribution < -0.4 is 0 Å². The maximum absolute atomic E-state index is 9.29. The summed E-state index contributed by atoms with van der Waals surface area (Å²) in [7, 11) is 0. The van der Waals surface area contributed by atoms with Crippen molar-refractivity contribution in [2.24, 2.45) is 0 Å². The summed E-state index contributed by atoms with van der Waals surface area (Å²) in [5.74, 6) is 0. The first kappa shape index (κ1) is 13.3. The Morgan fingerprint density at radius 2 is 1.84 bits per heavy atom. The predicted octanol–water partition coefficient (Wildman–Crippen LogP) is 4.23. The van der Waals surface area contributed by atoms with Gasteiger partial charge in [0, 0.05) is 3.57 Å². The zero-order chi connectivity index (χ0) is 13.7. The van der Waals surface area contributed by atoms with Gasteiger partial charge in [-0.3, -0.25) is 0 Å². The summed E-state index contributed by atoms with van der Waals surface area (Å²) in [4.78, 5) is 0. The van der Waals surface area contributed by atoms with E-state index in [0.717, 1.165) is 14.7 Å². The molecule has 19 heavy (non-hydrogen) atoms. The minimum atomic E-state index is 0.557. The largest absolute Gasteiger partial charge is 0.192 e. The Kier molecular flexibility index (Phi) is 4.33. The van der Waals surface area contributed by atoms with Crippen LogP contribution in [-0.2, 0) is 0 Å². The Morgan fingerprint density at radius 1 is 1.05 bits per heavy atom. The average Bonchev–Trinajstić information content (AvgIpc) is 2.46. The van der Waals surface area contributed by atoms with Crippen LogP contribution in [0, 0.1) is 26.2 Å². The van der Waals surface area contributed by atoms with Crippen LogP contribution in [0.1, 0.15) is 16.7 Å². The molecule has 2 aromatic rings. The Morgan fingerprint density at radius 3 is 2.53 bits per heavy atom. The molecule has 0 fully saturated rings. The monoisotopic (exact) mass is 356 g/mol. The SMILES string of the molecule is N#C/C(=C/c1ccccc1I)c1cccc(C#N)c1. The third-order valence-corrected chi connectivity index (χ3v) is 3.61. The molecule has 0 saturated carbocycles. The van der Waals surface area contributed by atoms with E-state index in [4.69, 9.17) is 5.26 Å². The standard InChI is InChI=1S/C16H9IN2/c17-16-7-2-1-5-14(16)9-15(11-19)13-6-3-4-12(8-13)10-18/h1-9H/b15-9-. The van der Waals surface area contributed by atoms with E-state index in [2.05, 4.69) is 34.7 Å². The second kappa shape index (κ2) is 6.17. The van der Waals surface area contributed by atoms with Gasteiger partial charge in [0.05, 0.1) is 23.3 Å². The van der Waals surface area contributed by atoms with E-state index in [0.29, 0.717) is 11.1 Å². The van der Waals surface area contributed by atoms with Gasteiger partial charge in [-0.1, -0.05) is 30.3 Å². The molecule has 0 spiro atoms. The number of benzene rings is 2. The van der Waals surface area contributed by atoms with Crippen molar-refractivity contribution >= 4 is 34.2 Å². The highest BCUT2D eigenvalue weighted by Crippen LogP contribution is 2.21. The average molecular weight is 356 g/mol. The lowest BCUT2D eigenvalue weighted by molar-refractivity contribution is 1.47. The molecular formula is C16H9IN2. The second-order valence-corrected chi connectivity index (χ2v) is 5.05. The number of hydrogen-bond donors (Lipinski definition) is 0. The lowest BCUT2D eigenvalue weighted by Gasteiger charge is -2.02. The number of hydrogen-bond acceptors (Lipinski definition) is 2. The van der Waals surface area contributed by atoms with Gasteiger partial charge in [-0.2, -0.15) is 10.5 Å². The number of halogens is 1. The number of rotatable bonds is 2. The maximum atomic E-state index is 9.29. The Balaban J connectivity index is 2.49. The molecule has 2 rings (SSSR count). The highest BCUT2D eigenvalue weighted by atomic mass is 127. The molecule has 0 saturated heterocycles. The molecule has 2 nitrogen and oxygen atoms in total. The van der Waals surface area contributed by atoms with Gasteiger partial charge < -0.3 is 0 Å². The summed E-state index contributed by atoms with van der Waals surface area (Å²) in [6, 6.07) is 19.2. The topological polar surface area (TPSA) is 47.6 Å². The van der Waals surface area contributed by atoms with Crippen LogP contribution in [-0.4, -0.2) is 0 Å². The molecule has 0 bridgehead atoms. The van der Waals surface area contributed by atoms with Crippen molar-refractivity contribution in [1.82, 2.24) is 0 Å². The van der Waals surface area contributed by atoms with Crippen molar-refractivity contribution in [3.8, 4) is 12.1 Å². The second-order valence-electron chi connectivity index (χ2n) is 3.88. The molecule has 0 aliphatic carbocycles. The highest BCUT2D eigenvalue weighted by molar-refractivity contribution is 14.1. The zero-order valence-corrected chi connectivity index (χ0v) is 12.1. The first-order chi connectivity index (χ1) is 9.24. The van der Waals surface area contributed by atoms with Crippen molar-refractivity contribution in [1.29, 1.82) is 10.5 Å². The number of nitrogens with zero attached hydrogens (tertiary/aromatic N) is 2. The zero-order valence-electron chi connectivity index (χ0n) is 9.97. The fraction of sp³-hybridized carbons (Fsp3) is 0. The van der Waals surface area contributed by atoms with Gasteiger partial charge in [0.25, 0.3) is 0 Å². The van der Waals surface area contributed by atoms with Crippen LogP contribution in [0.3, 0.4) is 0 Å². The maximum Gasteiger partial charge on any atom is 0.0998 e. The molecule has 0 atom stereocenters. The molecule has 0 heterocycles. The smallest absolute Gasteiger partial charge is 0.0998 e. The molecule has 0 unspecified atom stereocenters. The first-order valence-electron chi connectivity index (χ1n) is 5.61. The molecule has 2 aromatic carbocycles. The van der Waals surface area contributed by atoms with Crippen molar-refractivity contribution in [3.63, 3.8) is 0 Å². The molecule has 0 radical (unpaired) electrons. The highest BCUT2D eigenvalue weighted by Gasteiger charge is 2.03. The van der Waals surface area contributed by atoms with Crippen LogP contribution in [0.15, 0.2) is 48.5 Å². The molecule has 3 heteroatoms. The van der Waals surface area contributed by atoms with E-state index in [9.17, 15) is 5.26 Å². The molecule has 0 aromatic heterocycles. The van der Waals surface area contributed by atoms with Crippen LogP contribution in [0.25, 0.3) is 11.6 Å². The van der Waals surface area contributed by atoms with Crippen LogP contribution in [0.5, 0.6) is 0 Å². The summed E-state index contributed by atoms with van der Waals surface area (Å²) in [5, 5.41) is 18.2. The minimum Gasteiger partial charge on any atom is -0.192 e. The third-order valence-electron chi connectivity index (χ3n) is 2.63. The van der Waals surface area contributed by atoms with Crippen molar-refractivity contribution in [3.05, 3.63) is 68.8 Å².